The maximum atomic E-state index is 17.4. The number of benzene rings is 16. The van der Waals surface area contributed by atoms with Crippen LogP contribution in [0.1, 0.15) is 99.9 Å². The average molecular weight is 1640 g/mol. The summed E-state index contributed by atoms with van der Waals surface area (Å²) in [6.07, 6.45) is 0. The average Bonchev–Trinajstić information content (AvgIpc) is 1.52. The normalized spacial score (nSPS) is 13.7. The van der Waals surface area contributed by atoms with Gasteiger partial charge < -0.3 is 28.4 Å². The first-order valence-electron chi connectivity index (χ1n) is 43.1. The lowest BCUT2D eigenvalue weighted by Crippen LogP contribution is -2.23. The second kappa shape index (κ2) is 30.6. The highest BCUT2D eigenvalue weighted by Crippen LogP contribution is 2.65. The molecule has 22 rings (SSSR count). The molecule has 0 aliphatic heterocycles. The van der Waals surface area contributed by atoms with Gasteiger partial charge in [-0.2, -0.15) is 0 Å². The molecule has 4 aliphatic rings. The number of hydrogen-bond donors (Lipinski definition) is 0. The third-order valence-corrected chi connectivity index (χ3v) is 26.3. The summed E-state index contributed by atoms with van der Waals surface area (Å²) in [5.41, 5.74) is 30.6. The fraction of sp³-hybridized carbons (Fsp3) is 0.103. The van der Waals surface area contributed by atoms with Crippen LogP contribution in [0, 0.1) is 18.2 Å². The molecule has 0 unspecified atom stereocenters. The van der Waals surface area contributed by atoms with Gasteiger partial charge in [-0.3, -0.25) is 0 Å². The first-order valence-corrected chi connectivity index (χ1v) is 43.1. The highest BCUT2D eigenvalue weighted by Gasteiger charge is 2.53. The molecule has 16 aromatic carbocycles. The zero-order valence-corrected chi connectivity index (χ0v) is 71.3. The molecular weight excluding hydrogens is 1550 g/mol. The van der Waals surface area contributed by atoms with E-state index in [9.17, 15) is 0 Å². The van der Waals surface area contributed by atoms with E-state index >= 15 is 8.78 Å². The molecule has 9 heteroatoms. The Kier molecular flexibility index (Phi) is 18.9. The summed E-state index contributed by atoms with van der Waals surface area (Å²) in [6, 6.07) is 134. The monoisotopic (exact) mass is 1630 g/mol. The van der Waals surface area contributed by atoms with Crippen molar-refractivity contribution in [3.63, 3.8) is 0 Å². The van der Waals surface area contributed by atoms with Gasteiger partial charge in [0.2, 0.25) is 0 Å². The minimum Gasteiger partial charge on any atom is -0.455 e. The van der Waals surface area contributed by atoms with Crippen molar-refractivity contribution in [3.05, 3.63) is 462 Å². The maximum Gasteiger partial charge on any atom is 0.187 e. The predicted octanol–water partition coefficient (Wildman–Crippen LogP) is 33.2. The minimum atomic E-state index is -0.461. The molecule has 0 amide bonds. The number of halogens is 2. The number of anilines is 12. The summed E-state index contributed by atoms with van der Waals surface area (Å²) in [5.74, 6) is 3.06. The molecule has 2 aromatic heterocycles. The smallest absolute Gasteiger partial charge is 0.187 e. The quantitative estimate of drug-likeness (QED) is 0.0899. The molecular formula is C117H89F2N5O2. The molecule has 0 atom stereocenters. The van der Waals surface area contributed by atoms with E-state index in [1.165, 1.54) is 33.4 Å². The molecule has 0 radical (unpaired) electrons. The molecule has 2 heterocycles. The van der Waals surface area contributed by atoms with E-state index in [1.54, 1.807) is 24.3 Å². The van der Waals surface area contributed by atoms with Gasteiger partial charge in [0.1, 0.15) is 34.7 Å². The predicted molar refractivity (Wildman–Crippen MR) is 514 cm³/mol. The maximum absolute atomic E-state index is 17.4. The number of furan rings is 2. The van der Waals surface area contributed by atoms with Crippen molar-refractivity contribution in [1.82, 2.24) is 0 Å². The van der Waals surface area contributed by atoms with Gasteiger partial charge in [0.05, 0.1) is 17.9 Å². The summed E-state index contributed by atoms with van der Waals surface area (Å²) < 4.78 is 48.8. The van der Waals surface area contributed by atoms with Crippen LogP contribution < -0.4 is 19.6 Å². The third kappa shape index (κ3) is 12.9. The molecule has 0 bridgehead atoms. The number of hydrogen-bond acceptors (Lipinski definition) is 6. The second-order valence-corrected chi connectivity index (χ2v) is 35.3. The highest BCUT2D eigenvalue weighted by atomic mass is 19.1. The van der Waals surface area contributed by atoms with Crippen molar-refractivity contribution in [2.24, 2.45) is 0 Å². The lowest BCUT2D eigenvalue weighted by atomic mass is 9.74. The molecule has 0 saturated carbocycles. The van der Waals surface area contributed by atoms with Gasteiger partial charge in [0, 0.05) is 134 Å². The Bertz CT molecular complexity index is 7190. The summed E-state index contributed by atoms with van der Waals surface area (Å²) in [6.45, 7) is 26.2. The summed E-state index contributed by atoms with van der Waals surface area (Å²) in [4.78, 5) is 12.4. The molecule has 126 heavy (non-hydrogen) atoms. The Morgan fingerprint density at radius 2 is 0.444 bits per heavy atom. The van der Waals surface area contributed by atoms with Gasteiger partial charge >= 0.3 is 0 Å². The van der Waals surface area contributed by atoms with Crippen LogP contribution in [0.3, 0.4) is 0 Å². The molecule has 0 N–H and O–H groups in total. The second-order valence-electron chi connectivity index (χ2n) is 35.3. The molecule has 0 saturated heterocycles. The number of nitrogens with zero attached hydrogens (tertiary/aromatic N) is 5. The van der Waals surface area contributed by atoms with E-state index in [0.29, 0.717) is 17.1 Å². The molecule has 4 aliphatic carbocycles. The third-order valence-electron chi connectivity index (χ3n) is 26.3. The molecule has 608 valence electrons. The fourth-order valence-corrected chi connectivity index (χ4v) is 20.3. The summed E-state index contributed by atoms with van der Waals surface area (Å²) >= 11 is 0. The van der Waals surface area contributed by atoms with Crippen LogP contribution in [0.4, 0.5) is 82.7 Å². The largest absolute Gasteiger partial charge is 0.455 e. The van der Waals surface area contributed by atoms with Crippen LogP contribution in [0.5, 0.6) is 0 Å². The van der Waals surface area contributed by atoms with Crippen LogP contribution in [-0.2, 0) is 21.7 Å². The van der Waals surface area contributed by atoms with Crippen LogP contribution >= 0.6 is 0 Å². The first kappa shape index (κ1) is 77.9. The van der Waals surface area contributed by atoms with Gasteiger partial charge in [0.25, 0.3) is 0 Å². The highest BCUT2D eigenvalue weighted by molar-refractivity contribution is 5.98. The Morgan fingerprint density at radius 3 is 0.706 bits per heavy atom. The fourth-order valence-electron chi connectivity index (χ4n) is 20.3. The number of para-hydroxylation sites is 5. The van der Waals surface area contributed by atoms with E-state index in [2.05, 4.69) is 305 Å². The molecule has 7 nitrogen and oxygen atoms in total. The van der Waals surface area contributed by atoms with E-state index in [4.69, 9.17) is 15.4 Å². The van der Waals surface area contributed by atoms with Gasteiger partial charge in [-0.15, -0.1) is 0 Å². The standard InChI is InChI=1S/C59H44FN3O.C58H45FN2O/c1-58(2)50-36-45(62(42-22-14-8-15-23-42)43-24-16-9-17-25-43)30-32-47(50)56-53(58)54-57(64-56)48-33-31-46(37-51(48)59(54,3)4)63(44-28-26-41(61-5)27-29-44)55-49(39-20-12-7-13-21-39)34-40(35-52(55)60)38-18-10-6-11-19-38;1-57(2)49-36-44(60(41-24-14-7-15-25-41)42-26-16-8-17-27-42)30-32-46(49)55-52(57)53-56(62-55)47-33-31-45(37-50(47)58(53,3)4)61(43-28-18-9-19-29-43)54-48(39-22-12-6-13-23-39)34-40(35-51(54)59)38-20-10-5-11-21-38/h6-37H,1-4H3;5-37H,1-4H3. The zero-order valence-electron chi connectivity index (χ0n) is 71.3. The SMILES string of the molecule is CC1(C)c2cc(N(c3ccccc3)c3ccccc3)ccc2-c2oc3c(c21)C(C)(C)c1cc(N(c2ccccc2)c2c(F)cc(-c4ccccc4)cc2-c2ccccc2)ccc1-3.[C-]#[N+]c1ccc(N(c2ccc3c(c2)C(C)(C)c2c-3oc3c2C(C)(C)c2cc(N(c4ccccc4)c4ccccc4)ccc2-3)c2c(F)cc(-c3ccccc3)cc2-c2ccccc2)cc1. The van der Waals surface area contributed by atoms with Crippen molar-refractivity contribution >= 4 is 73.9 Å². The Hall–Kier alpha value is -15.4. The Morgan fingerprint density at radius 1 is 0.222 bits per heavy atom. The number of rotatable bonds is 16. The topological polar surface area (TPSA) is 43.6 Å². The van der Waals surface area contributed by atoms with Crippen molar-refractivity contribution in [3.8, 4) is 89.8 Å². The molecule has 18 aromatic rings. The minimum absolute atomic E-state index is 0.296. The first-order chi connectivity index (χ1) is 61.3. The van der Waals surface area contributed by atoms with E-state index in [-0.39, 0.29) is 22.5 Å². The van der Waals surface area contributed by atoms with Crippen LogP contribution in [0.15, 0.2) is 403 Å². The lowest BCUT2D eigenvalue weighted by molar-refractivity contribution is 0.592. The van der Waals surface area contributed by atoms with E-state index < -0.39 is 10.8 Å². The van der Waals surface area contributed by atoms with Gasteiger partial charge in [-0.05, 0) is 225 Å². The Labute approximate surface area is 735 Å². The van der Waals surface area contributed by atoms with Gasteiger partial charge in [-0.1, -0.05) is 280 Å². The number of fused-ring (bicyclic) bond motifs is 14. The van der Waals surface area contributed by atoms with Crippen molar-refractivity contribution < 1.29 is 17.6 Å². The summed E-state index contributed by atoms with van der Waals surface area (Å²) in [5, 5.41) is 0. The van der Waals surface area contributed by atoms with E-state index in [0.717, 1.165) is 158 Å². The van der Waals surface area contributed by atoms with Gasteiger partial charge in [-0.25, -0.2) is 13.6 Å². The van der Waals surface area contributed by atoms with Crippen molar-refractivity contribution in [2.75, 3.05) is 19.6 Å². The van der Waals surface area contributed by atoms with E-state index in [1.807, 2.05) is 144 Å². The van der Waals surface area contributed by atoms with Crippen LogP contribution in [0.25, 0.3) is 94.6 Å². The van der Waals surface area contributed by atoms with Crippen molar-refractivity contribution in [1.29, 1.82) is 0 Å². The zero-order chi connectivity index (χ0) is 85.9. The van der Waals surface area contributed by atoms with Crippen LogP contribution in [0.2, 0.25) is 0 Å². The summed E-state index contributed by atoms with van der Waals surface area (Å²) in [7, 11) is 0. The molecule has 0 spiro atoms. The van der Waals surface area contributed by atoms with Crippen molar-refractivity contribution in [2.45, 2.75) is 77.0 Å². The lowest BCUT2D eigenvalue weighted by Gasteiger charge is -2.31. The van der Waals surface area contributed by atoms with Crippen LogP contribution in [-0.4, -0.2) is 0 Å². The van der Waals surface area contributed by atoms with Gasteiger partial charge in [0.15, 0.2) is 5.69 Å². The molecule has 0 fully saturated rings. The Balaban J connectivity index is 0.000000154.